The molecule has 0 atom stereocenters. The number of para-hydroxylation sites is 1. The second-order valence-corrected chi connectivity index (χ2v) is 5.43. The number of hydrogen-bond acceptors (Lipinski definition) is 3. The Labute approximate surface area is 133 Å². The highest BCUT2D eigenvalue weighted by Gasteiger charge is 2.11. The molecule has 5 heteroatoms. The standard InChI is InChI=1S/C18H17N3O2/c1-11-7-8-17(22)14(9-11)18(23)21-20-12(2)16-10-13-5-3-4-6-15(13)19-16/h3-10,19,22H,1-2H3,(H,21,23)/b20-12+. The van der Waals surface area contributed by atoms with Crippen LogP contribution in [-0.2, 0) is 0 Å². The summed E-state index contributed by atoms with van der Waals surface area (Å²) < 4.78 is 0. The average molecular weight is 307 g/mol. The number of aryl methyl sites for hydroxylation is 1. The summed E-state index contributed by atoms with van der Waals surface area (Å²) in [6.07, 6.45) is 0. The molecule has 0 saturated carbocycles. The third-order valence-corrected chi connectivity index (χ3v) is 3.64. The Hall–Kier alpha value is -3.08. The van der Waals surface area contributed by atoms with Crippen molar-refractivity contribution in [2.75, 3.05) is 0 Å². The number of carbonyl (C=O) groups is 1. The first-order valence-corrected chi connectivity index (χ1v) is 7.27. The maximum Gasteiger partial charge on any atom is 0.275 e. The van der Waals surface area contributed by atoms with Crippen LogP contribution in [0.25, 0.3) is 10.9 Å². The summed E-state index contributed by atoms with van der Waals surface area (Å²) in [5.41, 5.74) is 6.08. The number of aromatic nitrogens is 1. The number of amides is 1. The fraction of sp³-hybridized carbons (Fsp3) is 0.111. The normalized spacial score (nSPS) is 11.7. The SMILES string of the molecule is C/C(=N\NC(=O)c1cc(C)ccc1O)c1cc2ccccc2[nH]1. The molecule has 3 N–H and O–H groups in total. The van der Waals surface area contributed by atoms with Gasteiger partial charge in [-0.25, -0.2) is 5.43 Å². The summed E-state index contributed by atoms with van der Waals surface area (Å²) in [6, 6.07) is 14.8. The lowest BCUT2D eigenvalue weighted by atomic mass is 10.1. The molecule has 0 spiro atoms. The van der Waals surface area contributed by atoms with E-state index < -0.39 is 5.91 Å². The summed E-state index contributed by atoms with van der Waals surface area (Å²) in [7, 11) is 0. The molecule has 1 aromatic heterocycles. The summed E-state index contributed by atoms with van der Waals surface area (Å²) in [5, 5.41) is 15.0. The largest absolute Gasteiger partial charge is 0.507 e. The molecule has 3 aromatic rings. The van der Waals surface area contributed by atoms with Crippen molar-refractivity contribution in [2.24, 2.45) is 5.10 Å². The molecular weight excluding hydrogens is 290 g/mol. The Morgan fingerprint density at radius 2 is 1.96 bits per heavy atom. The fourth-order valence-corrected chi connectivity index (χ4v) is 2.36. The van der Waals surface area contributed by atoms with Crippen LogP contribution in [0.4, 0.5) is 0 Å². The first-order valence-electron chi connectivity index (χ1n) is 7.27. The molecule has 2 aromatic carbocycles. The number of nitrogens with one attached hydrogen (secondary N) is 2. The number of carbonyl (C=O) groups excluding carboxylic acids is 1. The number of aromatic hydroxyl groups is 1. The minimum absolute atomic E-state index is 0.0634. The van der Waals surface area contributed by atoms with E-state index in [9.17, 15) is 9.90 Å². The van der Waals surface area contributed by atoms with E-state index in [1.54, 1.807) is 19.1 Å². The number of phenols is 1. The van der Waals surface area contributed by atoms with Crippen molar-refractivity contribution >= 4 is 22.5 Å². The van der Waals surface area contributed by atoms with Gasteiger partial charge in [0.1, 0.15) is 5.75 Å². The predicted octanol–water partition coefficient (Wildman–Crippen LogP) is 3.34. The first kappa shape index (κ1) is 14.8. The van der Waals surface area contributed by atoms with E-state index in [0.29, 0.717) is 5.71 Å². The van der Waals surface area contributed by atoms with Crippen LogP contribution in [0.5, 0.6) is 5.75 Å². The van der Waals surface area contributed by atoms with Gasteiger partial charge >= 0.3 is 0 Å². The highest BCUT2D eigenvalue weighted by molar-refractivity contribution is 6.03. The lowest BCUT2D eigenvalue weighted by Gasteiger charge is -2.05. The molecule has 0 fully saturated rings. The molecular formula is C18H17N3O2. The predicted molar refractivity (Wildman–Crippen MR) is 90.8 cm³/mol. The van der Waals surface area contributed by atoms with E-state index >= 15 is 0 Å². The van der Waals surface area contributed by atoms with E-state index in [-0.39, 0.29) is 11.3 Å². The smallest absolute Gasteiger partial charge is 0.275 e. The molecule has 0 radical (unpaired) electrons. The Kier molecular flexibility index (Phi) is 3.85. The molecule has 0 unspecified atom stereocenters. The second-order valence-electron chi connectivity index (χ2n) is 5.43. The third kappa shape index (κ3) is 3.08. The summed E-state index contributed by atoms with van der Waals surface area (Å²) in [5.74, 6) is -0.506. The van der Waals surface area contributed by atoms with Gasteiger partial charge in [-0.2, -0.15) is 5.10 Å². The lowest BCUT2D eigenvalue weighted by Crippen LogP contribution is -2.19. The van der Waals surface area contributed by atoms with Crippen LogP contribution < -0.4 is 5.43 Å². The fourth-order valence-electron chi connectivity index (χ4n) is 2.36. The topological polar surface area (TPSA) is 77.5 Å². The van der Waals surface area contributed by atoms with Crippen LogP contribution in [0.1, 0.15) is 28.5 Å². The first-order chi connectivity index (χ1) is 11.0. The highest BCUT2D eigenvalue weighted by Crippen LogP contribution is 2.18. The van der Waals surface area contributed by atoms with Gasteiger partial charge < -0.3 is 10.1 Å². The third-order valence-electron chi connectivity index (χ3n) is 3.64. The summed E-state index contributed by atoms with van der Waals surface area (Å²) in [4.78, 5) is 15.4. The van der Waals surface area contributed by atoms with Gasteiger partial charge in [-0.05, 0) is 38.1 Å². The van der Waals surface area contributed by atoms with E-state index in [0.717, 1.165) is 22.2 Å². The van der Waals surface area contributed by atoms with E-state index in [1.165, 1.54) is 6.07 Å². The Bertz CT molecular complexity index is 877. The van der Waals surface area contributed by atoms with Crippen molar-refractivity contribution in [3.05, 3.63) is 65.4 Å². The minimum atomic E-state index is -0.443. The molecule has 0 aliphatic carbocycles. The van der Waals surface area contributed by atoms with Gasteiger partial charge in [-0.3, -0.25) is 4.79 Å². The van der Waals surface area contributed by atoms with Crippen LogP contribution >= 0.6 is 0 Å². The summed E-state index contributed by atoms with van der Waals surface area (Å²) >= 11 is 0. The van der Waals surface area contributed by atoms with Crippen LogP contribution in [0.3, 0.4) is 0 Å². The number of phenolic OH excluding ortho intramolecular Hbond substituents is 1. The minimum Gasteiger partial charge on any atom is -0.507 e. The van der Waals surface area contributed by atoms with E-state index in [1.807, 2.05) is 37.3 Å². The highest BCUT2D eigenvalue weighted by atomic mass is 16.3. The number of rotatable bonds is 3. The van der Waals surface area contributed by atoms with Crippen LogP contribution in [0, 0.1) is 6.92 Å². The van der Waals surface area contributed by atoms with Crippen molar-refractivity contribution in [2.45, 2.75) is 13.8 Å². The maximum absolute atomic E-state index is 12.1. The summed E-state index contributed by atoms with van der Waals surface area (Å²) in [6.45, 7) is 3.66. The molecule has 5 nitrogen and oxygen atoms in total. The zero-order valence-electron chi connectivity index (χ0n) is 12.9. The van der Waals surface area contributed by atoms with E-state index in [2.05, 4.69) is 15.5 Å². The maximum atomic E-state index is 12.1. The van der Waals surface area contributed by atoms with Gasteiger partial charge in [0.15, 0.2) is 0 Å². The molecule has 23 heavy (non-hydrogen) atoms. The van der Waals surface area contributed by atoms with Crippen LogP contribution in [0.15, 0.2) is 53.6 Å². The zero-order valence-corrected chi connectivity index (χ0v) is 12.9. The molecule has 0 aliphatic rings. The molecule has 0 bridgehead atoms. The van der Waals surface area contributed by atoms with Crippen LogP contribution in [0.2, 0.25) is 0 Å². The molecule has 1 amide bonds. The molecule has 116 valence electrons. The van der Waals surface area contributed by atoms with Crippen molar-refractivity contribution in [1.29, 1.82) is 0 Å². The number of fused-ring (bicyclic) bond motifs is 1. The lowest BCUT2D eigenvalue weighted by molar-refractivity contribution is 0.0952. The number of aromatic amines is 1. The van der Waals surface area contributed by atoms with Crippen molar-refractivity contribution in [3.8, 4) is 5.75 Å². The van der Waals surface area contributed by atoms with Gasteiger partial charge in [0.05, 0.1) is 17.0 Å². The molecule has 0 saturated heterocycles. The Morgan fingerprint density at radius 3 is 2.74 bits per heavy atom. The van der Waals surface area contributed by atoms with Crippen molar-refractivity contribution in [1.82, 2.24) is 10.4 Å². The van der Waals surface area contributed by atoms with Gasteiger partial charge in [-0.15, -0.1) is 0 Å². The Morgan fingerprint density at radius 1 is 1.17 bits per heavy atom. The van der Waals surface area contributed by atoms with Gasteiger partial charge in [-0.1, -0.05) is 29.8 Å². The van der Waals surface area contributed by atoms with Gasteiger partial charge in [0.25, 0.3) is 5.91 Å². The number of benzene rings is 2. The van der Waals surface area contributed by atoms with Crippen molar-refractivity contribution < 1.29 is 9.90 Å². The second kappa shape index (κ2) is 5.96. The van der Waals surface area contributed by atoms with Gasteiger partial charge in [0, 0.05) is 10.9 Å². The number of nitrogens with zero attached hydrogens (tertiary/aromatic N) is 1. The van der Waals surface area contributed by atoms with Crippen molar-refractivity contribution in [3.63, 3.8) is 0 Å². The molecule has 0 aliphatic heterocycles. The Balaban J connectivity index is 1.81. The van der Waals surface area contributed by atoms with E-state index in [4.69, 9.17) is 0 Å². The monoisotopic (exact) mass is 307 g/mol. The number of hydrogen-bond donors (Lipinski definition) is 3. The van der Waals surface area contributed by atoms with Crippen LogP contribution in [-0.4, -0.2) is 21.7 Å². The molecule has 1 heterocycles. The average Bonchev–Trinajstić information content (AvgIpc) is 2.98. The number of H-pyrrole nitrogens is 1. The zero-order chi connectivity index (χ0) is 16.4. The number of hydrazone groups is 1. The van der Waals surface area contributed by atoms with Gasteiger partial charge in [0.2, 0.25) is 0 Å². The molecule has 3 rings (SSSR count). The quantitative estimate of drug-likeness (QED) is 0.512.